The van der Waals surface area contributed by atoms with Gasteiger partial charge in [-0.05, 0) is 30.9 Å². The Balaban J connectivity index is 1.64. The maximum Gasteiger partial charge on any atom is 0.258 e. The third kappa shape index (κ3) is 3.87. The van der Waals surface area contributed by atoms with Gasteiger partial charge in [0.2, 0.25) is 17.8 Å². The molecule has 2 amide bonds. The summed E-state index contributed by atoms with van der Waals surface area (Å²) in [6.07, 6.45) is 1.90. The summed E-state index contributed by atoms with van der Waals surface area (Å²) in [6, 6.07) is 6.97. The topological polar surface area (TPSA) is 116 Å². The summed E-state index contributed by atoms with van der Waals surface area (Å²) in [4.78, 5) is 47.5. The van der Waals surface area contributed by atoms with Gasteiger partial charge in [0.1, 0.15) is 11.6 Å². The number of amides is 2. The predicted molar refractivity (Wildman–Crippen MR) is 113 cm³/mol. The number of rotatable bonds is 4. The molecule has 9 nitrogen and oxygen atoms in total. The molecule has 0 saturated carbocycles. The summed E-state index contributed by atoms with van der Waals surface area (Å²) in [5, 5.41) is 5.43. The number of anilines is 3. The fourth-order valence-electron chi connectivity index (χ4n) is 3.92. The van der Waals surface area contributed by atoms with E-state index in [0.717, 1.165) is 25.9 Å². The molecule has 1 atom stereocenters. The zero-order valence-corrected chi connectivity index (χ0v) is 17.0. The summed E-state index contributed by atoms with van der Waals surface area (Å²) in [6.45, 7) is 3.77. The highest BCUT2D eigenvalue weighted by Gasteiger charge is 2.35. The van der Waals surface area contributed by atoms with Crippen LogP contribution in [0.15, 0.2) is 29.1 Å². The van der Waals surface area contributed by atoms with E-state index < -0.39 is 17.4 Å². The van der Waals surface area contributed by atoms with Crippen LogP contribution < -0.4 is 25.8 Å². The molecule has 9 heteroatoms. The molecule has 2 aliphatic heterocycles. The molecule has 158 valence electrons. The Hall–Kier alpha value is -3.36. The molecule has 0 bridgehead atoms. The first-order valence-corrected chi connectivity index (χ1v) is 10.1. The van der Waals surface area contributed by atoms with Gasteiger partial charge >= 0.3 is 0 Å². The van der Waals surface area contributed by atoms with E-state index in [4.69, 9.17) is 4.74 Å². The second-order valence-electron chi connectivity index (χ2n) is 7.82. The molecule has 0 aliphatic carbocycles. The molecule has 3 heterocycles. The first-order chi connectivity index (χ1) is 14.5. The number of hydrogen-bond donors (Lipinski definition) is 3. The smallest absolute Gasteiger partial charge is 0.258 e. The number of para-hydroxylation sites is 2. The number of H-pyrrole nitrogens is 1. The number of carbonyl (C=O) groups excluding carboxylic acids is 2. The number of fused-ring (bicyclic) bond motifs is 1. The van der Waals surface area contributed by atoms with Crippen LogP contribution in [0.5, 0.6) is 5.75 Å². The summed E-state index contributed by atoms with van der Waals surface area (Å²) in [5.74, 6) is -0.0336. The summed E-state index contributed by atoms with van der Waals surface area (Å²) >= 11 is 0. The number of piperidine rings is 1. The van der Waals surface area contributed by atoms with Crippen molar-refractivity contribution in [3.63, 3.8) is 0 Å². The van der Waals surface area contributed by atoms with Crippen LogP contribution in [0.1, 0.15) is 37.7 Å². The molecule has 1 fully saturated rings. The highest BCUT2D eigenvalue weighted by atomic mass is 16.5. The van der Waals surface area contributed by atoms with Crippen LogP contribution in [0.2, 0.25) is 0 Å². The van der Waals surface area contributed by atoms with Gasteiger partial charge in [-0.25, -0.2) is 0 Å². The van der Waals surface area contributed by atoms with E-state index >= 15 is 0 Å². The van der Waals surface area contributed by atoms with E-state index in [1.165, 1.54) is 7.11 Å². The number of ether oxygens (including phenoxy) is 1. The number of carbonyl (C=O) groups is 2. The molecule has 0 radical (unpaired) electrons. The number of hydrogen-bond acceptors (Lipinski definition) is 6. The summed E-state index contributed by atoms with van der Waals surface area (Å²) in [7, 11) is 1.51. The lowest BCUT2D eigenvalue weighted by Crippen LogP contribution is -2.39. The third-order valence-corrected chi connectivity index (χ3v) is 5.70. The maximum absolute atomic E-state index is 13.0. The molecule has 2 aromatic rings. The van der Waals surface area contributed by atoms with Crippen LogP contribution in [-0.4, -0.2) is 42.0 Å². The molecular formula is C21H25N5O4. The third-order valence-electron chi connectivity index (χ3n) is 5.70. The minimum atomic E-state index is -0.939. The largest absolute Gasteiger partial charge is 0.495 e. The van der Waals surface area contributed by atoms with Crippen molar-refractivity contribution in [3.05, 3.63) is 40.2 Å². The van der Waals surface area contributed by atoms with Crippen molar-refractivity contribution in [3.8, 4) is 5.75 Å². The average Bonchev–Trinajstić information content (AvgIpc) is 2.73. The molecule has 1 aromatic carbocycles. The van der Waals surface area contributed by atoms with Gasteiger partial charge in [0, 0.05) is 19.5 Å². The molecule has 1 saturated heterocycles. The Morgan fingerprint density at radius 2 is 1.97 bits per heavy atom. The van der Waals surface area contributed by atoms with Crippen molar-refractivity contribution in [2.24, 2.45) is 5.92 Å². The molecule has 0 spiro atoms. The lowest BCUT2D eigenvalue weighted by Gasteiger charge is -2.31. The normalized spacial score (nSPS) is 19.1. The van der Waals surface area contributed by atoms with E-state index in [1.807, 2.05) is 4.90 Å². The van der Waals surface area contributed by atoms with Crippen molar-refractivity contribution in [2.45, 2.75) is 32.1 Å². The Labute approximate surface area is 173 Å². The van der Waals surface area contributed by atoms with Crippen molar-refractivity contribution in [2.75, 3.05) is 35.7 Å². The number of benzene rings is 1. The second kappa shape index (κ2) is 8.17. The standard InChI is InChI=1S/C21H25N5O4/c1-12-7-9-26(10-8-12)21-24-18-17(20(29)25-21)13(11-16(27)23-18)19(28)22-14-5-3-4-6-15(14)30-2/h3-6,12-13H,7-11H2,1-2H3,(H,22,28)(H2,23,24,25,27,29). The predicted octanol–water partition coefficient (Wildman–Crippen LogP) is 2.08. The summed E-state index contributed by atoms with van der Waals surface area (Å²) in [5.41, 5.74) is 0.242. The molecule has 1 aromatic heterocycles. The number of methoxy groups -OCH3 is 1. The monoisotopic (exact) mass is 411 g/mol. The highest BCUT2D eigenvalue weighted by molar-refractivity contribution is 6.04. The first kappa shape index (κ1) is 19.9. The molecule has 4 rings (SSSR count). The first-order valence-electron chi connectivity index (χ1n) is 10.1. The Morgan fingerprint density at radius 1 is 1.23 bits per heavy atom. The van der Waals surface area contributed by atoms with Gasteiger partial charge in [0.15, 0.2) is 0 Å². The highest BCUT2D eigenvalue weighted by Crippen LogP contribution is 2.32. The fourth-order valence-corrected chi connectivity index (χ4v) is 3.92. The van der Waals surface area contributed by atoms with Crippen LogP contribution in [0, 0.1) is 5.92 Å². The number of nitrogens with zero attached hydrogens (tertiary/aromatic N) is 2. The van der Waals surface area contributed by atoms with Crippen LogP contribution >= 0.6 is 0 Å². The van der Waals surface area contributed by atoms with Gasteiger partial charge in [0.05, 0.1) is 24.3 Å². The quantitative estimate of drug-likeness (QED) is 0.709. The Bertz CT molecular complexity index is 1030. The van der Waals surface area contributed by atoms with E-state index in [9.17, 15) is 14.4 Å². The lowest BCUT2D eigenvalue weighted by atomic mass is 9.92. The molecule has 30 heavy (non-hydrogen) atoms. The van der Waals surface area contributed by atoms with Gasteiger partial charge in [-0.1, -0.05) is 19.1 Å². The van der Waals surface area contributed by atoms with Crippen molar-refractivity contribution < 1.29 is 14.3 Å². The van der Waals surface area contributed by atoms with Gasteiger partial charge < -0.3 is 20.3 Å². The summed E-state index contributed by atoms with van der Waals surface area (Å²) < 4.78 is 5.26. The van der Waals surface area contributed by atoms with E-state index in [1.54, 1.807) is 24.3 Å². The number of aromatic nitrogens is 2. The minimum Gasteiger partial charge on any atom is -0.495 e. The van der Waals surface area contributed by atoms with Crippen molar-refractivity contribution in [1.82, 2.24) is 9.97 Å². The van der Waals surface area contributed by atoms with Gasteiger partial charge in [-0.2, -0.15) is 4.98 Å². The minimum absolute atomic E-state index is 0.126. The van der Waals surface area contributed by atoms with Crippen LogP contribution in [0.4, 0.5) is 17.5 Å². The van der Waals surface area contributed by atoms with Gasteiger partial charge in [-0.15, -0.1) is 0 Å². The van der Waals surface area contributed by atoms with Crippen LogP contribution in [0.25, 0.3) is 0 Å². The molecule has 2 aliphatic rings. The lowest BCUT2D eigenvalue weighted by molar-refractivity contribution is -0.123. The molecule has 1 unspecified atom stereocenters. The van der Waals surface area contributed by atoms with E-state index in [2.05, 4.69) is 27.5 Å². The zero-order valence-electron chi connectivity index (χ0n) is 17.0. The van der Waals surface area contributed by atoms with Crippen molar-refractivity contribution in [1.29, 1.82) is 0 Å². The van der Waals surface area contributed by atoms with Crippen LogP contribution in [0.3, 0.4) is 0 Å². The van der Waals surface area contributed by atoms with E-state index in [0.29, 0.717) is 23.3 Å². The van der Waals surface area contributed by atoms with Crippen molar-refractivity contribution >= 4 is 29.3 Å². The fraction of sp³-hybridized carbons (Fsp3) is 0.429. The maximum atomic E-state index is 13.0. The second-order valence-corrected chi connectivity index (χ2v) is 7.82. The zero-order chi connectivity index (χ0) is 21.3. The molecule has 3 N–H and O–H groups in total. The number of aromatic amines is 1. The Morgan fingerprint density at radius 3 is 2.70 bits per heavy atom. The number of nitrogens with one attached hydrogen (secondary N) is 3. The average molecular weight is 411 g/mol. The Kier molecular flexibility index (Phi) is 5.43. The van der Waals surface area contributed by atoms with Gasteiger partial charge in [-0.3, -0.25) is 19.4 Å². The van der Waals surface area contributed by atoms with Gasteiger partial charge in [0.25, 0.3) is 5.56 Å². The van der Waals surface area contributed by atoms with Crippen LogP contribution in [-0.2, 0) is 9.59 Å². The molecular weight excluding hydrogens is 386 g/mol. The van der Waals surface area contributed by atoms with E-state index in [-0.39, 0.29) is 23.7 Å². The SMILES string of the molecule is COc1ccccc1NC(=O)C1CC(=O)Nc2nc(N3CCC(C)CC3)[nH]c(=O)c21.